The highest BCUT2D eigenvalue weighted by atomic mass is 32.1. The third-order valence-electron chi connectivity index (χ3n) is 2.53. The van der Waals surface area contributed by atoms with Crippen LogP contribution in [0.1, 0.15) is 30.8 Å². The summed E-state index contributed by atoms with van der Waals surface area (Å²) in [6.45, 7) is 4.38. The fourth-order valence-electron chi connectivity index (χ4n) is 2.01. The number of rotatable bonds is 2. The molecule has 0 saturated heterocycles. The first-order chi connectivity index (χ1) is 6.65. The molecule has 1 heterocycles. The molecule has 0 bridgehead atoms. The highest BCUT2D eigenvalue weighted by Gasteiger charge is 2.21. The van der Waals surface area contributed by atoms with Gasteiger partial charge in [-0.25, -0.2) is 4.98 Å². The van der Waals surface area contributed by atoms with Crippen molar-refractivity contribution in [2.45, 2.75) is 45.2 Å². The van der Waals surface area contributed by atoms with E-state index in [1.807, 2.05) is 0 Å². The maximum Gasteiger partial charge on any atom is 0.180 e. The lowest BCUT2D eigenvalue weighted by Gasteiger charge is -2.24. The summed E-state index contributed by atoms with van der Waals surface area (Å²) >= 11 is 1.65. The second kappa shape index (κ2) is 3.87. The third-order valence-corrected chi connectivity index (χ3v) is 3.47. The number of anilines is 1. The van der Waals surface area contributed by atoms with Crippen molar-refractivity contribution < 1.29 is 0 Å². The van der Waals surface area contributed by atoms with Crippen molar-refractivity contribution in [2.24, 2.45) is 0 Å². The SMILES string of the molecule is CC(C)N[C@H]1CCc2nc(N)sc2C1. The van der Waals surface area contributed by atoms with Crippen molar-refractivity contribution in [3.05, 3.63) is 10.6 Å². The van der Waals surface area contributed by atoms with Gasteiger partial charge in [0.2, 0.25) is 0 Å². The molecule has 0 aromatic carbocycles. The van der Waals surface area contributed by atoms with E-state index >= 15 is 0 Å². The number of nitrogens with one attached hydrogen (secondary N) is 1. The normalized spacial score (nSPS) is 21.2. The van der Waals surface area contributed by atoms with Crippen molar-refractivity contribution in [1.29, 1.82) is 0 Å². The minimum Gasteiger partial charge on any atom is -0.375 e. The van der Waals surface area contributed by atoms with Gasteiger partial charge in [0.05, 0.1) is 5.69 Å². The number of fused-ring (bicyclic) bond motifs is 1. The van der Waals surface area contributed by atoms with E-state index in [0.717, 1.165) is 18.0 Å². The van der Waals surface area contributed by atoms with E-state index in [9.17, 15) is 0 Å². The molecule has 1 aliphatic rings. The van der Waals surface area contributed by atoms with E-state index in [0.29, 0.717) is 12.1 Å². The zero-order chi connectivity index (χ0) is 10.1. The van der Waals surface area contributed by atoms with Crippen LogP contribution in [0, 0.1) is 0 Å². The standard InChI is InChI=1S/C10H17N3S/c1-6(2)12-7-3-4-8-9(5-7)14-10(11)13-8/h6-7,12H,3-5H2,1-2H3,(H2,11,13)/t7-/m0/s1. The Morgan fingerprint density at radius 3 is 3.07 bits per heavy atom. The second-order valence-electron chi connectivity index (χ2n) is 4.18. The smallest absolute Gasteiger partial charge is 0.180 e. The number of aryl methyl sites for hydroxylation is 1. The van der Waals surface area contributed by atoms with Gasteiger partial charge in [-0.3, -0.25) is 0 Å². The van der Waals surface area contributed by atoms with E-state index in [1.165, 1.54) is 17.0 Å². The minimum atomic E-state index is 0.562. The van der Waals surface area contributed by atoms with Crippen molar-refractivity contribution >= 4 is 16.5 Å². The number of hydrogen-bond donors (Lipinski definition) is 2. The Morgan fingerprint density at radius 2 is 2.36 bits per heavy atom. The third kappa shape index (κ3) is 2.07. The molecule has 14 heavy (non-hydrogen) atoms. The zero-order valence-corrected chi connectivity index (χ0v) is 9.53. The largest absolute Gasteiger partial charge is 0.375 e. The molecule has 0 aliphatic heterocycles. The second-order valence-corrected chi connectivity index (χ2v) is 5.30. The summed E-state index contributed by atoms with van der Waals surface area (Å²) in [5, 5.41) is 4.29. The molecular weight excluding hydrogens is 194 g/mol. The van der Waals surface area contributed by atoms with E-state index in [-0.39, 0.29) is 0 Å². The first kappa shape index (κ1) is 9.93. The van der Waals surface area contributed by atoms with Crippen molar-refractivity contribution in [3.63, 3.8) is 0 Å². The molecule has 0 saturated carbocycles. The molecule has 1 atom stereocenters. The van der Waals surface area contributed by atoms with Crippen LogP contribution in [0.3, 0.4) is 0 Å². The van der Waals surface area contributed by atoms with Gasteiger partial charge in [-0.1, -0.05) is 13.8 Å². The van der Waals surface area contributed by atoms with E-state index < -0.39 is 0 Å². The molecule has 1 aliphatic carbocycles. The van der Waals surface area contributed by atoms with Gasteiger partial charge in [-0.15, -0.1) is 11.3 Å². The van der Waals surface area contributed by atoms with Gasteiger partial charge >= 0.3 is 0 Å². The van der Waals surface area contributed by atoms with Crippen LogP contribution in [0.4, 0.5) is 5.13 Å². The highest BCUT2D eigenvalue weighted by Crippen LogP contribution is 2.28. The molecule has 0 fully saturated rings. The fraction of sp³-hybridized carbons (Fsp3) is 0.700. The number of nitrogens with zero attached hydrogens (tertiary/aromatic N) is 1. The summed E-state index contributed by atoms with van der Waals surface area (Å²) in [5.74, 6) is 0. The molecule has 1 aromatic rings. The van der Waals surface area contributed by atoms with Crippen LogP contribution in [0.15, 0.2) is 0 Å². The average Bonchev–Trinajstić information content (AvgIpc) is 2.42. The van der Waals surface area contributed by atoms with Crippen molar-refractivity contribution in [3.8, 4) is 0 Å². The Bertz CT molecular complexity index is 319. The summed E-state index contributed by atoms with van der Waals surface area (Å²) in [6.07, 6.45) is 3.37. The van der Waals surface area contributed by atoms with Gasteiger partial charge in [0, 0.05) is 17.0 Å². The Morgan fingerprint density at radius 1 is 1.57 bits per heavy atom. The molecule has 0 amide bonds. The Labute approximate surface area is 88.7 Å². The van der Waals surface area contributed by atoms with Crippen LogP contribution < -0.4 is 11.1 Å². The minimum absolute atomic E-state index is 0.562. The van der Waals surface area contributed by atoms with Crippen LogP contribution >= 0.6 is 11.3 Å². The lowest BCUT2D eigenvalue weighted by Crippen LogP contribution is -2.38. The summed E-state index contributed by atoms with van der Waals surface area (Å²) in [7, 11) is 0. The Balaban J connectivity index is 2.05. The molecule has 3 nitrogen and oxygen atoms in total. The summed E-state index contributed by atoms with van der Waals surface area (Å²) in [6, 6.07) is 1.18. The fourth-order valence-corrected chi connectivity index (χ4v) is 2.97. The number of hydrogen-bond acceptors (Lipinski definition) is 4. The number of nitrogen functional groups attached to an aromatic ring is 1. The highest BCUT2D eigenvalue weighted by molar-refractivity contribution is 7.15. The lowest BCUT2D eigenvalue weighted by molar-refractivity contribution is 0.422. The predicted molar refractivity (Wildman–Crippen MR) is 60.6 cm³/mol. The summed E-state index contributed by atoms with van der Waals surface area (Å²) in [4.78, 5) is 5.71. The quantitative estimate of drug-likeness (QED) is 0.781. The van der Waals surface area contributed by atoms with Crippen LogP contribution in [0.5, 0.6) is 0 Å². The van der Waals surface area contributed by atoms with Gasteiger partial charge in [-0.05, 0) is 19.3 Å². The summed E-state index contributed by atoms with van der Waals surface area (Å²) in [5.41, 5.74) is 6.92. The molecule has 0 spiro atoms. The molecule has 78 valence electrons. The number of aromatic nitrogens is 1. The van der Waals surface area contributed by atoms with Crippen LogP contribution in [0.2, 0.25) is 0 Å². The molecular formula is C10H17N3S. The monoisotopic (exact) mass is 211 g/mol. The van der Waals surface area contributed by atoms with E-state index in [1.54, 1.807) is 11.3 Å². The first-order valence-corrected chi connectivity index (χ1v) is 5.97. The molecule has 4 heteroatoms. The van der Waals surface area contributed by atoms with Crippen LogP contribution in [-0.2, 0) is 12.8 Å². The molecule has 2 rings (SSSR count). The molecule has 0 radical (unpaired) electrons. The summed E-state index contributed by atoms with van der Waals surface area (Å²) < 4.78 is 0. The maximum atomic E-state index is 5.69. The Kier molecular flexibility index (Phi) is 2.74. The van der Waals surface area contributed by atoms with E-state index in [4.69, 9.17) is 5.73 Å². The van der Waals surface area contributed by atoms with Gasteiger partial charge in [-0.2, -0.15) is 0 Å². The Hall–Kier alpha value is -0.610. The van der Waals surface area contributed by atoms with Crippen LogP contribution in [0.25, 0.3) is 0 Å². The first-order valence-electron chi connectivity index (χ1n) is 5.15. The van der Waals surface area contributed by atoms with Crippen LogP contribution in [-0.4, -0.2) is 17.1 Å². The van der Waals surface area contributed by atoms with Gasteiger partial charge in [0.1, 0.15) is 0 Å². The number of thiazole rings is 1. The maximum absolute atomic E-state index is 5.69. The zero-order valence-electron chi connectivity index (χ0n) is 8.71. The van der Waals surface area contributed by atoms with Crippen molar-refractivity contribution in [2.75, 3.05) is 5.73 Å². The average molecular weight is 211 g/mol. The van der Waals surface area contributed by atoms with E-state index in [2.05, 4.69) is 24.1 Å². The van der Waals surface area contributed by atoms with Gasteiger partial charge < -0.3 is 11.1 Å². The van der Waals surface area contributed by atoms with Crippen molar-refractivity contribution in [1.82, 2.24) is 10.3 Å². The lowest BCUT2D eigenvalue weighted by atomic mass is 9.97. The predicted octanol–water partition coefficient (Wildman–Crippen LogP) is 1.58. The molecule has 3 N–H and O–H groups in total. The molecule has 0 unspecified atom stereocenters. The number of nitrogens with two attached hydrogens (primary N) is 1. The molecule has 1 aromatic heterocycles. The van der Waals surface area contributed by atoms with Gasteiger partial charge in [0.25, 0.3) is 0 Å². The topological polar surface area (TPSA) is 50.9 Å². The van der Waals surface area contributed by atoms with Gasteiger partial charge in [0.15, 0.2) is 5.13 Å².